The van der Waals surface area contributed by atoms with Gasteiger partial charge < -0.3 is 9.73 Å². The fourth-order valence-electron chi connectivity index (χ4n) is 2.81. The molecule has 0 radical (unpaired) electrons. The van der Waals surface area contributed by atoms with E-state index in [1.54, 1.807) is 6.26 Å². The summed E-state index contributed by atoms with van der Waals surface area (Å²) in [6, 6.07) is 12.2. The maximum Gasteiger partial charge on any atom is 0.228 e. The highest BCUT2D eigenvalue weighted by molar-refractivity contribution is 5.95. The maximum atomic E-state index is 12.3. The zero-order chi connectivity index (χ0) is 16.4. The van der Waals surface area contributed by atoms with Gasteiger partial charge in [0.1, 0.15) is 5.58 Å². The summed E-state index contributed by atoms with van der Waals surface area (Å²) in [6.07, 6.45) is 2.97. The number of hydrogen-bond donors (Lipinski definition) is 1. The topological polar surface area (TPSA) is 42.2 Å². The van der Waals surface area contributed by atoms with Gasteiger partial charge in [-0.15, -0.1) is 0 Å². The third-order valence-corrected chi connectivity index (χ3v) is 4.14. The van der Waals surface area contributed by atoms with Gasteiger partial charge in [0, 0.05) is 16.6 Å². The minimum atomic E-state index is -0.0285. The first-order valence-electron chi connectivity index (χ1n) is 7.93. The van der Waals surface area contributed by atoms with Gasteiger partial charge in [-0.3, -0.25) is 4.79 Å². The molecule has 0 spiro atoms. The van der Waals surface area contributed by atoms with Crippen LogP contribution in [0.5, 0.6) is 0 Å². The SMILES string of the molecule is CCc1ccc2c(CC(=O)Nc3ccc(C)cc3C)coc2c1. The summed E-state index contributed by atoms with van der Waals surface area (Å²) in [7, 11) is 0. The molecule has 0 atom stereocenters. The summed E-state index contributed by atoms with van der Waals surface area (Å²) < 4.78 is 5.60. The van der Waals surface area contributed by atoms with Crippen molar-refractivity contribution in [1.82, 2.24) is 0 Å². The summed E-state index contributed by atoms with van der Waals surface area (Å²) >= 11 is 0. The lowest BCUT2D eigenvalue weighted by atomic mass is 10.1. The molecule has 1 amide bonds. The van der Waals surface area contributed by atoms with Crippen molar-refractivity contribution in [2.45, 2.75) is 33.6 Å². The highest BCUT2D eigenvalue weighted by Gasteiger charge is 2.12. The van der Waals surface area contributed by atoms with Gasteiger partial charge in [-0.25, -0.2) is 0 Å². The number of fused-ring (bicyclic) bond motifs is 1. The van der Waals surface area contributed by atoms with Crippen molar-refractivity contribution in [3.05, 3.63) is 64.9 Å². The fraction of sp³-hybridized carbons (Fsp3) is 0.250. The Morgan fingerprint density at radius 2 is 1.96 bits per heavy atom. The van der Waals surface area contributed by atoms with Crippen LogP contribution in [0.4, 0.5) is 5.69 Å². The van der Waals surface area contributed by atoms with Crippen LogP contribution in [0.15, 0.2) is 47.1 Å². The van der Waals surface area contributed by atoms with Crippen LogP contribution in [0.1, 0.15) is 29.2 Å². The number of amides is 1. The number of carbonyl (C=O) groups excluding carboxylic acids is 1. The first kappa shape index (κ1) is 15.3. The summed E-state index contributed by atoms with van der Waals surface area (Å²) in [4.78, 5) is 12.3. The van der Waals surface area contributed by atoms with Crippen LogP contribution in [0.3, 0.4) is 0 Å². The van der Waals surface area contributed by atoms with Crippen molar-refractivity contribution in [3.63, 3.8) is 0 Å². The van der Waals surface area contributed by atoms with Gasteiger partial charge in [0.05, 0.1) is 12.7 Å². The third kappa shape index (κ3) is 3.29. The standard InChI is InChI=1S/C20H21NO2/c1-4-15-6-7-17-16(12-23-19(17)10-15)11-20(22)21-18-8-5-13(2)9-14(18)3/h5-10,12H,4,11H2,1-3H3,(H,21,22). The summed E-state index contributed by atoms with van der Waals surface area (Å²) in [5.74, 6) is -0.0285. The smallest absolute Gasteiger partial charge is 0.228 e. The maximum absolute atomic E-state index is 12.3. The summed E-state index contributed by atoms with van der Waals surface area (Å²) in [6.45, 7) is 6.16. The molecule has 0 aliphatic heterocycles. The number of nitrogens with one attached hydrogen (secondary N) is 1. The largest absolute Gasteiger partial charge is 0.464 e. The van der Waals surface area contributed by atoms with Crippen LogP contribution in [0.25, 0.3) is 11.0 Å². The normalized spacial score (nSPS) is 10.9. The quantitative estimate of drug-likeness (QED) is 0.752. The van der Waals surface area contributed by atoms with Crippen LogP contribution < -0.4 is 5.32 Å². The fourth-order valence-corrected chi connectivity index (χ4v) is 2.81. The molecule has 23 heavy (non-hydrogen) atoms. The second-order valence-electron chi connectivity index (χ2n) is 5.99. The molecule has 1 heterocycles. The van der Waals surface area contributed by atoms with E-state index in [-0.39, 0.29) is 5.91 Å². The van der Waals surface area contributed by atoms with Gasteiger partial charge >= 0.3 is 0 Å². The van der Waals surface area contributed by atoms with E-state index >= 15 is 0 Å². The Morgan fingerprint density at radius 3 is 2.70 bits per heavy atom. The van der Waals surface area contributed by atoms with Gasteiger partial charge in [0.15, 0.2) is 0 Å². The lowest BCUT2D eigenvalue weighted by Gasteiger charge is -2.08. The Balaban J connectivity index is 1.77. The van der Waals surface area contributed by atoms with Gasteiger partial charge in [-0.05, 0) is 43.5 Å². The number of hydrogen-bond acceptors (Lipinski definition) is 2. The predicted molar refractivity (Wildman–Crippen MR) is 93.8 cm³/mol. The van der Waals surface area contributed by atoms with Crippen LogP contribution in [-0.2, 0) is 17.6 Å². The molecule has 3 aromatic rings. The molecule has 1 aromatic heterocycles. The van der Waals surface area contributed by atoms with Crippen LogP contribution in [0.2, 0.25) is 0 Å². The Labute approximate surface area is 136 Å². The zero-order valence-corrected chi connectivity index (χ0v) is 13.8. The van der Waals surface area contributed by atoms with E-state index in [0.29, 0.717) is 6.42 Å². The highest BCUT2D eigenvalue weighted by Crippen LogP contribution is 2.24. The molecule has 0 saturated heterocycles. The lowest BCUT2D eigenvalue weighted by Crippen LogP contribution is -2.15. The van der Waals surface area contributed by atoms with Crippen molar-refractivity contribution in [3.8, 4) is 0 Å². The Bertz CT molecular complexity index is 861. The molecule has 0 saturated carbocycles. The number of benzene rings is 2. The number of furan rings is 1. The van der Waals surface area contributed by atoms with Crippen molar-refractivity contribution in [1.29, 1.82) is 0 Å². The van der Waals surface area contributed by atoms with E-state index < -0.39 is 0 Å². The number of aryl methyl sites for hydroxylation is 3. The Kier molecular flexibility index (Phi) is 4.20. The van der Waals surface area contributed by atoms with E-state index in [1.165, 1.54) is 11.1 Å². The lowest BCUT2D eigenvalue weighted by molar-refractivity contribution is -0.115. The third-order valence-electron chi connectivity index (χ3n) is 4.14. The van der Waals surface area contributed by atoms with Gasteiger partial charge in [0.2, 0.25) is 5.91 Å². The van der Waals surface area contributed by atoms with Crippen molar-refractivity contribution in [2.75, 3.05) is 5.32 Å². The van der Waals surface area contributed by atoms with Crippen LogP contribution >= 0.6 is 0 Å². The number of carbonyl (C=O) groups is 1. The Morgan fingerprint density at radius 1 is 1.13 bits per heavy atom. The molecular weight excluding hydrogens is 286 g/mol. The molecule has 3 nitrogen and oxygen atoms in total. The molecule has 3 rings (SSSR count). The molecule has 3 heteroatoms. The molecule has 118 valence electrons. The van der Waals surface area contributed by atoms with Crippen LogP contribution in [-0.4, -0.2) is 5.91 Å². The summed E-state index contributed by atoms with van der Waals surface area (Å²) in [5.41, 5.74) is 6.12. The summed E-state index contributed by atoms with van der Waals surface area (Å²) in [5, 5.41) is 3.99. The second-order valence-corrected chi connectivity index (χ2v) is 5.99. The van der Waals surface area contributed by atoms with E-state index in [9.17, 15) is 4.79 Å². The molecule has 0 aliphatic carbocycles. The van der Waals surface area contributed by atoms with Gasteiger partial charge in [-0.1, -0.05) is 36.8 Å². The van der Waals surface area contributed by atoms with E-state index in [1.807, 2.05) is 38.1 Å². The van der Waals surface area contributed by atoms with E-state index in [4.69, 9.17) is 4.42 Å². The molecule has 0 bridgehead atoms. The molecule has 0 fully saturated rings. The average molecular weight is 307 g/mol. The van der Waals surface area contributed by atoms with Gasteiger partial charge in [0.25, 0.3) is 0 Å². The first-order chi connectivity index (χ1) is 11.1. The van der Waals surface area contributed by atoms with Crippen molar-refractivity contribution in [2.24, 2.45) is 0 Å². The van der Waals surface area contributed by atoms with E-state index in [0.717, 1.165) is 34.2 Å². The first-order valence-corrected chi connectivity index (χ1v) is 7.93. The van der Waals surface area contributed by atoms with E-state index in [2.05, 4.69) is 24.4 Å². The molecular formula is C20H21NO2. The molecule has 0 unspecified atom stereocenters. The predicted octanol–water partition coefficient (Wildman–Crippen LogP) is 4.79. The highest BCUT2D eigenvalue weighted by atomic mass is 16.3. The number of anilines is 1. The average Bonchev–Trinajstić information content (AvgIpc) is 2.92. The monoisotopic (exact) mass is 307 g/mol. The zero-order valence-electron chi connectivity index (χ0n) is 13.8. The molecule has 1 N–H and O–H groups in total. The van der Waals surface area contributed by atoms with Crippen LogP contribution in [0, 0.1) is 13.8 Å². The molecule has 2 aromatic carbocycles. The minimum absolute atomic E-state index is 0.0285. The number of rotatable bonds is 4. The van der Waals surface area contributed by atoms with Crippen molar-refractivity contribution < 1.29 is 9.21 Å². The Hall–Kier alpha value is -2.55. The second kappa shape index (κ2) is 6.29. The minimum Gasteiger partial charge on any atom is -0.464 e. The van der Waals surface area contributed by atoms with Gasteiger partial charge in [-0.2, -0.15) is 0 Å². The molecule has 0 aliphatic rings. The van der Waals surface area contributed by atoms with Crippen molar-refractivity contribution >= 4 is 22.6 Å².